The Hall–Kier alpha value is -2.07. The van der Waals surface area contributed by atoms with Gasteiger partial charge in [-0.3, -0.25) is 0 Å². The SMILES string of the molecule is C=C(/C=C(Cl)\N=C/C)NC(=O)N1CCc2ccccc2C1. The number of benzene rings is 1. The molecule has 1 heterocycles. The van der Waals surface area contributed by atoms with Crippen LogP contribution in [0.5, 0.6) is 0 Å². The Morgan fingerprint density at radius 3 is 2.86 bits per heavy atom. The minimum Gasteiger partial charge on any atom is -0.320 e. The number of halogens is 1. The molecule has 1 N–H and O–H groups in total. The molecule has 0 bridgehead atoms. The summed E-state index contributed by atoms with van der Waals surface area (Å²) in [7, 11) is 0. The summed E-state index contributed by atoms with van der Waals surface area (Å²) in [6.07, 6.45) is 3.97. The van der Waals surface area contributed by atoms with Crippen molar-refractivity contribution in [3.05, 3.63) is 58.9 Å². The van der Waals surface area contributed by atoms with Crippen LogP contribution < -0.4 is 5.32 Å². The van der Waals surface area contributed by atoms with Gasteiger partial charge in [0.05, 0.1) is 0 Å². The van der Waals surface area contributed by atoms with Crippen LogP contribution in [0.15, 0.2) is 52.8 Å². The number of hydrogen-bond acceptors (Lipinski definition) is 2. The predicted molar refractivity (Wildman–Crippen MR) is 86.3 cm³/mol. The summed E-state index contributed by atoms with van der Waals surface area (Å²) in [4.78, 5) is 17.9. The van der Waals surface area contributed by atoms with Gasteiger partial charge < -0.3 is 10.2 Å². The summed E-state index contributed by atoms with van der Waals surface area (Å²) in [6.45, 7) is 6.84. The van der Waals surface area contributed by atoms with Gasteiger partial charge >= 0.3 is 6.03 Å². The summed E-state index contributed by atoms with van der Waals surface area (Å²) < 4.78 is 0. The van der Waals surface area contributed by atoms with Crippen LogP contribution >= 0.6 is 11.6 Å². The zero-order valence-electron chi connectivity index (χ0n) is 12.0. The fourth-order valence-corrected chi connectivity index (χ4v) is 2.46. The van der Waals surface area contributed by atoms with Crippen molar-refractivity contribution in [2.75, 3.05) is 6.54 Å². The van der Waals surface area contributed by atoms with Crippen LogP contribution in [-0.2, 0) is 13.0 Å². The van der Waals surface area contributed by atoms with E-state index in [-0.39, 0.29) is 11.2 Å². The summed E-state index contributed by atoms with van der Waals surface area (Å²) >= 11 is 5.85. The molecule has 1 aromatic carbocycles. The minimum absolute atomic E-state index is 0.171. The lowest BCUT2D eigenvalue weighted by Gasteiger charge is -2.29. The van der Waals surface area contributed by atoms with Gasteiger partial charge in [0, 0.05) is 25.0 Å². The van der Waals surface area contributed by atoms with Gasteiger partial charge in [-0.15, -0.1) is 0 Å². The van der Waals surface area contributed by atoms with Gasteiger partial charge in [0.15, 0.2) is 0 Å². The maximum atomic E-state index is 12.2. The molecule has 2 rings (SSSR count). The number of nitrogens with zero attached hydrogens (tertiary/aromatic N) is 2. The summed E-state index contributed by atoms with van der Waals surface area (Å²) in [5.41, 5.74) is 2.92. The highest BCUT2D eigenvalue weighted by Crippen LogP contribution is 2.18. The average Bonchev–Trinajstić information content (AvgIpc) is 2.46. The van der Waals surface area contributed by atoms with Crippen molar-refractivity contribution >= 4 is 23.8 Å². The van der Waals surface area contributed by atoms with Crippen molar-refractivity contribution in [1.29, 1.82) is 0 Å². The molecule has 0 unspecified atom stereocenters. The van der Waals surface area contributed by atoms with Crippen LogP contribution in [0.3, 0.4) is 0 Å². The second-order valence-corrected chi connectivity index (χ2v) is 5.14. The molecule has 0 aliphatic carbocycles. The molecule has 4 nitrogen and oxygen atoms in total. The van der Waals surface area contributed by atoms with Crippen molar-refractivity contribution in [2.24, 2.45) is 4.99 Å². The number of allylic oxidation sites excluding steroid dienone is 1. The first kappa shape index (κ1) is 15.3. The zero-order valence-corrected chi connectivity index (χ0v) is 12.7. The van der Waals surface area contributed by atoms with Gasteiger partial charge in [-0.2, -0.15) is 0 Å². The van der Waals surface area contributed by atoms with E-state index in [0.717, 1.165) is 6.42 Å². The number of carbonyl (C=O) groups is 1. The quantitative estimate of drug-likeness (QED) is 0.519. The van der Waals surface area contributed by atoms with Crippen molar-refractivity contribution in [2.45, 2.75) is 19.9 Å². The van der Waals surface area contributed by atoms with E-state index in [4.69, 9.17) is 11.6 Å². The smallest absolute Gasteiger partial charge is 0.320 e. The standard InChI is InChI=1S/C16H18ClN3O/c1-3-18-15(17)10-12(2)19-16(21)20-9-8-13-6-4-5-7-14(13)11-20/h3-7,10H,2,8-9,11H2,1H3,(H,19,21)/b15-10-,18-3-. The molecule has 0 radical (unpaired) electrons. The third kappa shape index (κ3) is 4.20. The molecule has 110 valence electrons. The minimum atomic E-state index is -0.171. The van der Waals surface area contributed by atoms with E-state index in [9.17, 15) is 4.79 Å². The second-order valence-electron chi connectivity index (χ2n) is 4.75. The number of nitrogens with one attached hydrogen (secondary N) is 1. The molecule has 1 aliphatic rings. The molecule has 0 saturated carbocycles. The number of amides is 2. The molecule has 0 fully saturated rings. The highest BCUT2D eigenvalue weighted by atomic mass is 35.5. The van der Waals surface area contributed by atoms with E-state index in [1.807, 2.05) is 12.1 Å². The van der Waals surface area contributed by atoms with E-state index in [1.54, 1.807) is 18.0 Å². The van der Waals surface area contributed by atoms with Crippen LogP contribution in [0.2, 0.25) is 0 Å². The van der Waals surface area contributed by atoms with E-state index >= 15 is 0 Å². The Morgan fingerprint density at radius 2 is 2.14 bits per heavy atom. The molecule has 1 aromatic rings. The Morgan fingerprint density at radius 1 is 1.43 bits per heavy atom. The molecule has 0 aromatic heterocycles. The molecule has 0 spiro atoms. The first-order valence-corrected chi connectivity index (χ1v) is 7.15. The molecular formula is C16H18ClN3O. The lowest BCUT2D eigenvalue weighted by Crippen LogP contribution is -2.42. The Balaban J connectivity index is 1.96. The number of fused-ring (bicyclic) bond motifs is 1. The maximum absolute atomic E-state index is 12.2. The monoisotopic (exact) mass is 303 g/mol. The van der Waals surface area contributed by atoms with Gasteiger partial charge in [0.2, 0.25) is 0 Å². The summed E-state index contributed by atoms with van der Waals surface area (Å²) in [5.74, 6) is 0. The Kier molecular flexibility index (Phi) is 5.17. The van der Waals surface area contributed by atoms with Crippen molar-refractivity contribution in [3.8, 4) is 0 Å². The number of rotatable bonds is 3. The lowest BCUT2D eigenvalue weighted by atomic mass is 10.0. The number of carbonyl (C=O) groups excluding carboxylic acids is 1. The van der Waals surface area contributed by atoms with Crippen LogP contribution in [0, 0.1) is 0 Å². The van der Waals surface area contributed by atoms with E-state index in [2.05, 4.69) is 29.0 Å². The van der Waals surface area contributed by atoms with Crippen molar-refractivity contribution in [3.63, 3.8) is 0 Å². The van der Waals surface area contributed by atoms with Crippen molar-refractivity contribution in [1.82, 2.24) is 10.2 Å². The molecule has 0 saturated heterocycles. The Labute approximate surface area is 129 Å². The number of aliphatic imine (C=N–C) groups is 1. The van der Waals surface area contributed by atoms with Crippen molar-refractivity contribution < 1.29 is 4.79 Å². The highest BCUT2D eigenvalue weighted by Gasteiger charge is 2.20. The summed E-state index contributed by atoms with van der Waals surface area (Å²) in [6, 6.07) is 8.00. The van der Waals surface area contributed by atoms with E-state index in [1.165, 1.54) is 17.2 Å². The van der Waals surface area contributed by atoms with Crippen LogP contribution in [0.4, 0.5) is 4.79 Å². The van der Waals surface area contributed by atoms with Gasteiger partial charge in [0.1, 0.15) is 5.16 Å². The number of hydrogen-bond donors (Lipinski definition) is 1. The largest absolute Gasteiger partial charge is 0.322 e. The van der Waals surface area contributed by atoms with Gasteiger partial charge in [-0.05, 0) is 30.5 Å². The second kappa shape index (κ2) is 7.09. The third-order valence-electron chi connectivity index (χ3n) is 3.23. The lowest BCUT2D eigenvalue weighted by molar-refractivity contribution is 0.195. The Bertz CT molecular complexity index is 607. The third-order valence-corrected chi connectivity index (χ3v) is 3.44. The van der Waals surface area contributed by atoms with Crippen LogP contribution in [-0.4, -0.2) is 23.7 Å². The molecule has 5 heteroatoms. The average molecular weight is 304 g/mol. The van der Waals surface area contributed by atoms with Crippen LogP contribution in [0.1, 0.15) is 18.1 Å². The first-order valence-electron chi connectivity index (χ1n) is 6.77. The highest BCUT2D eigenvalue weighted by molar-refractivity contribution is 6.29. The van der Waals surface area contributed by atoms with Gasteiger partial charge in [-0.1, -0.05) is 42.4 Å². The fraction of sp³-hybridized carbons (Fsp3) is 0.250. The molecule has 21 heavy (non-hydrogen) atoms. The molecule has 0 atom stereocenters. The van der Waals surface area contributed by atoms with Gasteiger partial charge in [0.25, 0.3) is 0 Å². The molecular weight excluding hydrogens is 286 g/mol. The predicted octanol–water partition coefficient (Wildman–Crippen LogP) is 3.44. The molecule has 2 amide bonds. The van der Waals surface area contributed by atoms with Gasteiger partial charge in [-0.25, -0.2) is 9.79 Å². The number of urea groups is 1. The summed E-state index contributed by atoms with van der Waals surface area (Å²) in [5, 5.41) is 3.01. The first-order chi connectivity index (χ1) is 10.1. The molecule has 1 aliphatic heterocycles. The normalized spacial score (nSPS) is 15.0. The zero-order chi connectivity index (χ0) is 15.2. The van der Waals surface area contributed by atoms with E-state index < -0.39 is 0 Å². The van der Waals surface area contributed by atoms with Crippen LogP contribution in [0.25, 0.3) is 0 Å². The topological polar surface area (TPSA) is 44.7 Å². The maximum Gasteiger partial charge on any atom is 0.322 e. The van der Waals surface area contributed by atoms with E-state index in [0.29, 0.717) is 18.8 Å². The fourth-order valence-electron chi connectivity index (χ4n) is 2.23.